The van der Waals surface area contributed by atoms with Crippen LogP contribution in [0.25, 0.3) is 0 Å². The minimum Gasteiger partial charge on any atom is -0.392 e. The molecule has 1 unspecified atom stereocenters. The second kappa shape index (κ2) is 7.93. The van der Waals surface area contributed by atoms with Crippen molar-refractivity contribution in [3.8, 4) is 0 Å². The molecule has 0 radical (unpaired) electrons. The Morgan fingerprint density at radius 1 is 0.933 bits per heavy atom. The van der Waals surface area contributed by atoms with Crippen LogP contribution in [0.3, 0.4) is 0 Å². The van der Waals surface area contributed by atoms with Crippen LogP contribution in [0.5, 0.6) is 0 Å². The van der Waals surface area contributed by atoms with Gasteiger partial charge in [-0.3, -0.25) is 0 Å². The highest BCUT2D eigenvalue weighted by molar-refractivity contribution is 5.31. The van der Waals surface area contributed by atoms with Crippen LogP contribution in [-0.2, 0) is 0 Å². The molecule has 3 saturated carbocycles. The van der Waals surface area contributed by atoms with E-state index in [-0.39, 0.29) is 11.5 Å². The second-order valence-electron chi connectivity index (χ2n) is 13.5. The van der Waals surface area contributed by atoms with Crippen molar-refractivity contribution in [1.29, 1.82) is 0 Å². The van der Waals surface area contributed by atoms with Gasteiger partial charge >= 0.3 is 0 Å². The molecule has 0 saturated heterocycles. The molecule has 30 heavy (non-hydrogen) atoms. The molecule has 1 heteroatoms. The molecule has 1 nitrogen and oxygen atoms in total. The van der Waals surface area contributed by atoms with Gasteiger partial charge in [0, 0.05) is 5.41 Å². The first-order valence-corrected chi connectivity index (χ1v) is 13.4. The summed E-state index contributed by atoms with van der Waals surface area (Å²) in [6, 6.07) is 0. The van der Waals surface area contributed by atoms with Crippen LogP contribution in [0, 0.1) is 51.8 Å². The van der Waals surface area contributed by atoms with Crippen LogP contribution in [0.1, 0.15) is 113 Å². The maximum Gasteiger partial charge on any atom is 0.0628 e. The molecule has 0 amide bonds. The third kappa shape index (κ3) is 3.45. The van der Waals surface area contributed by atoms with Gasteiger partial charge < -0.3 is 5.11 Å². The van der Waals surface area contributed by atoms with E-state index in [1.165, 1.54) is 57.8 Å². The van der Waals surface area contributed by atoms with Crippen LogP contribution >= 0.6 is 0 Å². The maximum absolute atomic E-state index is 10.7. The number of allylic oxidation sites excluding steroid dienone is 1. The Kier molecular flexibility index (Phi) is 6.05. The Balaban J connectivity index is 1.54. The fourth-order valence-electron chi connectivity index (χ4n) is 9.41. The Bertz CT molecular complexity index is 659. The van der Waals surface area contributed by atoms with Crippen molar-refractivity contribution in [3.05, 3.63) is 11.6 Å². The van der Waals surface area contributed by atoms with Crippen molar-refractivity contribution in [2.75, 3.05) is 0 Å². The zero-order chi connectivity index (χ0) is 21.9. The predicted octanol–water partition coefficient (Wildman–Crippen LogP) is 8.02. The lowest BCUT2D eigenvalue weighted by atomic mass is 9.44. The summed E-state index contributed by atoms with van der Waals surface area (Å²) in [7, 11) is 0. The molecule has 0 bridgehead atoms. The number of rotatable bonds is 5. The number of aliphatic hydroxyl groups excluding tert-OH is 1. The first kappa shape index (κ1) is 22.9. The quantitative estimate of drug-likeness (QED) is 0.451. The van der Waals surface area contributed by atoms with Gasteiger partial charge in [-0.05, 0) is 91.3 Å². The van der Waals surface area contributed by atoms with Crippen LogP contribution < -0.4 is 0 Å². The monoisotopic (exact) mass is 414 g/mol. The fraction of sp³-hybridized carbons (Fsp3) is 0.931. The zero-order valence-electron chi connectivity index (χ0n) is 21.1. The molecule has 0 aromatic rings. The summed E-state index contributed by atoms with van der Waals surface area (Å²) < 4.78 is 0. The van der Waals surface area contributed by atoms with E-state index >= 15 is 0 Å². The lowest BCUT2D eigenvalue weighted by Gasteiger charge is -2.61. The van der Waals surface area contributed by atoms with Crippen molar-refractivity contribution in [3.63, 3.8) is 0 Å². The Morgan fingerprint density at radius 3 is 2.37 bits per heavy atom. The smallest absolute Gasteiger partial charge is 0.0628 e. The van der Waals surface area contributed by atoms with Gasteiger partial charge in [0.2, 0.25) is 0 Å². The number of fused-ring (bicyclic) bond motifs is 5. The summed E-state index contributed by atoms with van der Waals surface area (Å²) in [6.45, 7) is 17.2. The number of aliphatic hydroxyl groups is 1. The lowest BCUT2D eigenvalue weighted by molar-refractivity contribution is -0.0782. The molecule has 0 spiro atoms. The van der Waals surface area contributed by atoms with E-state index in [0.717, 1.165) is 41.9 Å². The van der Waals surface area contributed by atoms with E-state index < -0.39 is 0 Å². The second-order valence-corrected chi connectivity index (χ2v) is 13.5. The summed E-state index contributed by atoms with van der Waals surface area (Å²) in [5.41, 5.74) is 2.47. The highest BCUT2D eigenvalue weighted by Crippen LogP contribution is 2.68. The summed E-state index contributed by atoms with van der Waals surface area (Å²) in [6.07, 6.45) is 16.0. The molecule has 0 heterocycles. The van der Waals surface area contributed by atoms with Crippen molar-refractivity contribution in [1.82, 2.24) is 0 Å². The van der Waals surface area contributed by atoms with E-state index in [0.29, 0.717) is 10.8 Å². The number of hydrogen-bond acceptors (Lipinski definition) is 1. The van der Waals surface area contributed by atoms with Gasteiger partial charge in [0.15, 0.2) is 0 Å². The molecule has 1 N–H and O–H groups in total. The number of hydrogen-bond donors (Lipinski definition) is 1. The third-order valence-electron chi connectivity index (χ3n) is 11.1. The molecule has 172 valence electrons. The molecule has 4 aliphatic rings. The van der Waals surface area contributed by atoms with Crippen LogP contribution in [-0.4, -0.2) is 11.2 Å². The van der Waals surface area contributed by atoms with Gasteiger partial charge in [0.25, 0.3) is 0 Å². The van der Waals surface area contributed by atoms with Crippen LogP contribution in [0.15, 0.2) is 11.6 Å². The standard InChI is InChI=1S/C29H50O/c1-19(2)9-8-10-20(3)22-12-13-23-21-11-14-25-27(4,5)26(30)16-18-29(25,7)24(21)15-17-28(22,23)6/h14,19-24,26,30H,8-13,15-18H2,1-7H3/t20?,21-,22+,23-,24-,26-,28+,29+/m0/s1. The Labute approximate surface area is 187 Å². The summed E-state index contributed by atoms with van der Waals surface area (Å²) >= 11 is 0. The first-order chi connectivity index (χ1) is 14.0. The maximum atomic E-state index is 10.7. The first-order valence-electron chi connectivity index (χ1n) is 13.4. The minimum atomic E-state index is -0.162. The summed E-state index contributed by atoms with van der Waals surface area (Å²) in [4.78, 5) is 0. The van der Waals surface area contributed by atoms with E-state index in [1.54, 1.807) is 5.57 Å². The highest BCUT2D eigenvalue weighted by Gasteiger charge is 2.61. The normalized spacial score (nSPS) is 46.0. The summed E-state index contributed by atoms with van der Waals surface area (Å²) in [5, 5.41) is 10.7. The van der Waals surface area contributed by atoms with E-state index in [1.807, 2.05) is 0 Å². The molecule has 8 atom stereocenters. The molecular formula is C29H50O. The van der Waals surface area contributed by atoms with Gasteiger partial charge in [-0.15, -0.1) is 0 Å². The third-order valence-corrected chi connectivity index (χ3v) is 11.1. The molecule has 3 fully saturated rings. The molecule has 0 aromatic carbocycles. The van der Waals surface area contributed by atoms with Crippen LogP contribution in [0.4, 0.5) is 0 Å². The Morgan fingerprint density at radius 2 is 1.67 bits per heavy atom. The van der Waals surface area contributed by atoms with Gasteiger partial charge in [-0.1, -0.05) is 79.4 Å². The van der Waals surface area contributed by atoms with E-state index in [2.05, 4.69) is 54.5 Å². The molecular weight excluding hydrogens is 364 g/mol. The molecule has 0 aliphatic heterocycles. The van der Waals surface area contributed by atoms with Gasteiger partial charge in [0.1, 0.15) is 0 Å². The van der Waals surface area contributed by atoms with E-state index in [4.69, 9.17) is 0 Å². The van der Waals surface area contributed by atoms with Crippen molar-refractivity contribution >= 4 is 0 Å². The largest absolute Gasteiger partial charge is 0.392 e. The molecule has 0 aromatic heterocycles. The minimum absolute atomic E-state index is 0.0398. The average Bonchev–Trinajstić information content (AvgIpc) is 3.02. The van der Waals surface area contributed by atoms with E-state index in [9.17, 15) is 5.11 Å². The SMILES string of the molecule is CC(C)CCCC(C)[C@H]1CC[C@H]2[C@@H]3CC=C4C(C)(C)[C@@H](O)CC[C@]4(C)[C@H]3CC[C@]12C. The van der Waals surface area contributed by atoms with Crippen molar-refractivity contribution in [2.45, 2.75) is 119 Å². The molecule has 4 rings (SSSR count). The topological polar surface area (TPSA) is 20.2 Å². The highest BCUT2D eigenvalue weighted by atomic mass is 16.3. The molecule has 4 aliphatic carbocycles. The van der Waals surface area contributed by atoms with Gasteiger partial charge in [-0.2, -0.15) is 0 Å². The zero-order valence-corrected chi connectivity index (χ0v) is 21.1. The van der Waals surface area contributed by atoms with Gasteiger partial charge in [-0.25, -0.2) is 0 Å². The van der Waals surface area contributed by atoms with Gasteiger partial charge in [0.05, 0.1) is 6.10 Å². The summed E-state index contributed by atoms with van der Waals surface area (Å²) in [5.74, 6) is 5.34. The Hall–Kier alpha value is -0.300. The van der Waals surface area contributed by atoms with Crippen molar-refractivity contribution < 1.29 is 5.11 Å². The average molecular weight is 415 g/mol. The fourth-order valence-corrected chi connectivity index (χ4v) is 9.41. The van der Waals surface area contributed by atoms with Crippen LogP contribution in [0.2, 0.25) is 0 Å². The lowest BCUT2D eigenvalue weighted by Crippen LogP contribution is -2.54. The van der Waals surface area contributed by atoms with Crippen molar-refractivity contribution in [2.24, 2.45) is 51.8 Å². The predicted molar refractivity (Wildman–Crippen MR) is 128 cm³/mol.